The Labute approximate surface area is 164 Å². The number of hydrogen-bond donors (Lipinski definition) is 2. The van der Waals surface area contributed by atoms with E-state index in [2.05, 4.69) is 46.7 Å². The van der Waals surface area contributed by atoms with E-state index >= 15 is 0 Å². The molecular formula is C21H25F2N3S. The van der Waals surface area contributed by atoms with E-state index in [9.17, 15) is 8.78 Å². The van der Waals surface area contributed by atoms with Crippen molar-refractivity contribution in [3.05, 3.63) is 59.7 Å². The highest BCUT2D eigenvalue weighted by Gasteiger charge is 2.17. The topological polar surface area (TPSA) is 27.3 Å². The van der Waals surface area contributed by atoms with Crippen molar-refractivity contribution in [1.82, 2.24) is 5.32 Å². The average molecular weight is 390 g/mol. The van der Waals surface area contributed by atoms with Crippen molar-refractivity contribution in [2.75, 3.05) is 23.3 Å². The molecule has 1 saturated heterocycles. The number of benzene rings is 2. The fourth-order valence-electron chi connectivity index (χ4n) is 3.29. The highest BCUT2D eigenvalue weighted by atomic mass is 32.1. The molecule has 1 aliphatic rings. The number of piperidine rings is 1. The Morgan fingerprint density at radius 3 is 2.26 bits per heavy atom. The summed E-state index contributed by atoms with van der Waals surface area (Å²) in [5.41, 5.74) is 2.05. The summed E-state index contributed by atoms with van der Waals surface area (Å²) in [5, 5.41) is 5.87. The standard InChI is InChI=1S/C21H25F2N3S/c1-14-10-12-26(13-11-14)17-8-6-16(7-9-17)15(2)24-21(27)25-20-18(22)4-3-5-19(20)23/h3-9,14-15H,10-13H2,1-2H3,(H2,24,25,27)/t15-/m1/s1. The first-order valence-electron chi connectivity index (χ1n) is 9.30. The summed E-state index contributed by atoms with van der Waals surface area (Å²) in [6, 6.07) is 12.0. The Kier molecular flexibility index (Phi) is 6.26. The number of anilines is 2. The first kappa shape index (κ1) is 19.5. The van der Waals surface area contributed by atoms with Crippen LogP contribution in [0.3, 0.4) is 0 Å². The zero-order valence-electron chi connectivity index (χ0n) is 15.6. The Hall–Kier alpha value is -2.21. The number of hydrogen-bond acceptors (Lipinski definition) is 2. The molecule has 0 saturated carbocycles. The van der Waals surface area contributed by atoms with Gasteiger partial charge >= 0.3 is 0 Å². The number of rotatable bonds is 4. The van der Waals surface area contributed by atoms with Crippen molar-refractivity contribution in [3.8, 4) is 0 Å². The molecule has 27 heavy (non-hydrogen) atoms. The van der Waals surface area contributed by atoms with Crippen LogP contribution in [0.2, 0.25) is 0 Å². The molecule has 0 aromatic heterocycles. The molecular weight excluding hydrogens is 364 g/mol. The smallest absolute Gasteiger partial charge is 0.171 e. The third-order valence-corrected chi connectivity index (χ3v) is 5.31. The van der Waals surface area contributed by atoms with Crippen LogP contribution < -0.4 is 15.5 Å². The van der Waals surface area contributed by atoms with E-state index in [4.69, 9.17) is 12.2 Å². The molecule has 1 aliphatic heterocycles. The fraction of sp³-hybridized carbons (Fsp3) is 0.381. The van der Waals surface area contributed by atoms with E-state index in [0.29, 0.717) is 0 Å². The molecule has 3 rings (SSSR count). The molecule has 0 aliphatic carbocycles. The van der Waals surface area contributed by atoms with Gasteiger partial charge in [0.2, 0.25) is 0 Å². The highest BCUT2D eigenvalue weighted by molar-refractivity contribution is 7.80. The zero-order chi connectivity index (χ0) is 19.4. The van der Waals surface area contributed by atoms with Crippen molar-refractivity contribution in [2.45, 2.75) is 32.7 Å². The van der Waals surface area contributed by atoms with Crippen LogP contribution in [0.15, 0.2) is 42.5 Å². The first-order chi connectivity index (χ1) is 12.9. The van der Waals surface area contributed by atoms with Gasteiger partial charge in [-0.3, -0.25) is 0 Å². The van der Waals surface area contributed by atoms with Crippen LogP contribution in [0, 0.1) is 17.6 Å². The van der Waals surface area contributed by atoms with E-state index < -0.39 is 11.6 Å². The number of para-hydroxylation sites is 1. The summed E-state index contributed by atoms with van der Waals surface area (Å²) < 4.78 is 27.4. The second-order valence-electron chi connectivity index (χ2n) is 7.18. The number of nitrogens with zero attached hydrogens (tertiary/aromatic N) is 1. The molecule has 0 radical (unpaired) electrons. The maximum Gasteiger partial charge on any atom is 0.171 e. The van der Waals surface area contributed by atoms with E-state index in [0.717, 1.165) is 24.6 Å². The number of nitrogens with one attached hydrogen (secondary N) is 2. The van der Waals surface area contributed by atoms with Crippen molar-refractivity contribution in [3.63, 3.8) is 0 Å². The third-order valence-electron chi connectivity index (χ3n) is 5.09. The molecule has 2 aromatic carbocycles. The van der Waals surface area contributed by atoms with E-state index in [-0.39, 0.29) is 16.8 Å². The minimum Gasteiger partial charge on any atom is -0.372 e. The predicted molar refractivity (Wildman–Crippen MR) is 111 cm³/mol. The van der Waals surface area contributed by atoms with Gasteiger partial charge in [0.15, 0.2) is 5.11 Å². The Bertz CT molecular complexity index is 766. The van der Waals surface area contributed by atoms with Crippen molar-refractivity contribution in [1.29, 1.82) is 0 Å². The maximum atomic E-state index is 13.7. The van der Waals surface area contributed by atoms with Crippen LogP contribution in [-0.2, 0) is 0 Å². The molecule has 2 N–H and O–H groups in total. The second kappa shape index (κ2) is 8.65. The van der Waals surface area contributed by atoms with Crippen LogP contribution in [0.1, 0.15) is 38.3 Å². The van der Waals surface area contributed by atoms with Crippen LogP contribution in [0.4, 0.5) is 20.2 Å². The van der Waals surface area contributed by atoms with Gasteiger partial charge in [0.05, 0.1) is 6.04 Å². The molecule has 0 spiro atoms. The van der Waals surface area contributed by atoms with Crippen LogP contribution in [0.25, 0.3) is 0 Å². The predicted octanol–water partition coefficient (Wildman–Crippen LogP) is 5.25. The molecule has 2 aromatic rings. The number of halogens is 2. The first-order valence-corrected chi connectivity index (χ1v) is 9.71. The quantitative estimate of drug-likeness (QED) is 0.699. The third kappa shape index (κ3) is 4.95. The maximum absolute atomic E-state index is 13.7. The lowest BCUT2D eigenvalue weighted by Crippen LogP contribution is -2.33. The van der Waals surface area contributed by atoms with Crippen molar-refractivity contribution >= 4 is 28.7 Å². The molecule has 1 atom stereocenters. The lowest BCUT2D eigenvalue weighted by molar-refractivity contribution is 0.438. The Morgan fingerprint density at radius 2 is 1.67 bits per heavy atom. The Balaban J connectivity index is 1.59. The van der Waals surface area contributed by atoms with Gasteiger partial charge in [-0.05, 0) is 67.7 Å². The van der Waals surface area contributed by atoms with E-state index in [1.807, 2.05) is 6.92 Å². The lowest BCUT2D eigenvalue weighted by atomic mass is 9.98. The lowest BCUT2D eigenvalue weighted by Gasteiger charge is -2.32. The molecule has 1 heterocycles. The molecule has 1 fully saturated rings. The van der Waals surface area contributed by atoms with Crippen LogP contribution in [0.5, 0.6) is 0 Å². The monoisotopic (exact) mass is 389 g/mol. The van der Waals surface area contributed by atoms with E-state index in [1.165, 1.54) is 36.7 Å². The summed E-state index contributed by atoms with van der Waals surface area (Å²) in [6.45, 7) is 6.45. The normalized spacial score (nSPS) is 16.1. The van der Waals surface area contributed by atoms with Crippen molar-refractivity contribution in [2.24, 2.45) is 5.92 Å². The SMILES string of the molecule is CC1CCN(c2ccc([C@@H](C)NC(=S)Nc3c(F)cccc3F)cc2)CC1. The highest BCUT2D eigenvalue weighted by Crippen LogP contribution is 2.25. The Morgan fingerprint density at radius 1 is 1.07 bits per heavy atom. The average Bonchev–Trinajstić information content (AvgIpc) is 2.65. The van der Waals surface area contributed by atoms with Gasteiger partial charge in [-0.1, -0.05) is 25.1 Å². The van der Waals surface area contributed by atoms with Gasteiger partial charge in [-0.15, -0.1) is 0 Å². The van der Waals surface area contributed by atoms with Gasteiger partial charge in [-0.25, -0.2) is 8.78 Å². The second-order valence-corrected chi connectivity index (χ2v) is 7.59. The molecule has 6 heteroatoms. The molecule has 0 amide bonds. The molecule has 144 valence electrons. The van der Waals surface area contributed by atoms with Gasteiger partial charge in [0, 0.05) is 18.8 Å². The summed E-state index contributed by atoms with van der Waals surface area (Å²) in [5.74, 6) is -0.545. The van der Waals surface area contributed by atoms with Gasteiger partial charge in [0.1, 0.15) is 17.3 Å². The zero-order valence-corrected chi connectivity index (χ0v) is 16.5. The van der Waals surface area contributed by atoms with Gasteiger partial charge in [0.25, 0.3) is 0 Å². The molecule has 3 nitrogen and oxygen atoms in total. The van der Waals surface area contributed by atoms with Crippen molar-refractivity contribution < 1.29 is 8.78 Å². The summed E-state index contributed by atoms with van der Waals surface area (Å²) >= 11 is 5.21. The molecule has 0 bridgehead atoms. The minimum atomic E-state index is -0.674. The van der Waals surface area contributed by atoms with Crippen LogP contribution >= 0.6 is 12.2 Å². The van der Waals surface area contributed by atoms with Gasteiger partial charge in [-0.2, -0.15) is 0 Å². The number of thiocarbonyl (C=S) groups is 1. The van der Waals surface area contributed by atoms with Gasteiger partial charge < -0.3 is 15.5 Å². The summed E-state index contributed by atoms with van der Waals surface area (Å²) in [7, 11) is 0. The van der Waals surface area contributed by atoms with Crippen LogP contribution in [-0.4, -0.2) is 18.2 Å². The van der Waals surface area contributed by atoms with E-state index in [1.54, 1.807) is 0 Å². The largest absolute Gasteiger partial charge is 0.372 e. The summed E-state index contributed by atoms with van der Waals surface area (Å²) in [4.78, 5) is 2.41. The minimum absolute atomic E-state index is 0.0877. The fourth-order valence-corrected chi connectivity index (χ4v) is 3.57. The molecule has 0 unspecified atom stereocenters. The summed E-state index contributed by atoms with van der Waals surface area (Å²) in [6.07, 6.45) is 2.46.